The van der Waals surface area contributed by atoms with Crippen LogP contribution < -0.4 is 16.4 Å². The van der Waals surface area contributed by atoms with Crippen molar-refractivity contribution in [1.29, 1.82) is 0 Å². The van der Waals surface area contributed by atoms with Crippen LogP contribution in [0, 0.1) is 5.92 Å². The van der Waals surface area contributed by atoms with Crippen molar-refractivity contribution in [2.45, 2.75) is 56.0 Å². The van der Waals surface area contributed by atoms with Crippen LogP contribution in [-0.2, 0) is 28.6 Å². The molecular formula is C33H45N4O9PS. The fourth-order valence-corrected chi connectivity index (χ4v) is 7.18. The maximum atomic E-state index is 13.8. The number of ether oxygens (including phenoxy) is 1. The Morgan fingerprint density at radius 2 is 1.52 bits per heavy atom. The van der Waals surface area contributed by atoms with Crippen molar-refractivity contribution in [2.75, 3.05) is 32.5 Å². The molecule has 0 radical (unpaired) electrons. The minimum atomic E-state index is -4.99. The summed E-state index contributed by atoms with van der Waals surface area (Å²) in [6, 6.07) is 21.7. The van der Waals surface area contributed by atoms with Gasteiger partial charge in [0.25, 0.3) is 0 Å². The molecule has 3 aromatic rings. The number of nitrogen functional groups attached to an aromatic ring is 1. The minimum absolute atomic E-state index is 0.0483. The predicted molar refractivity (Wildman–Crippen MR) is 182 cm³/mol. The highest BCUT2D eigenvalue weighted by Gasteiger charge is 2.35. The quantitative estimate of drug-likeness (QED) is 0.0725. The van der Waals surface area contributed by atoms with Gasteiger partial charge < -0.3 is 30.9 Å². The third-order valence-corrected chi connectivity index (χ3v) is 9.68. The van der Waals surface area contributed by atoms with E-state index >= 15 is 0 Å². The second-order valence-electron chi connectivity index (χ2n) is 11.4. The van der Waals surface area contributed by atoms with Crippen molar-refractivity contribution in [2.24, 2.45) is 5.92 Å². The molecule has 262 valence electrons. The third-order valence-electron chi connectivity index (χ3n) is 7.35. The predicted octanol–water partition coefficient (Wildman–Crippen LogP) is 4.24. The second-order valence-corrected chi connectivity index (χ2v) is 14.5. The van der Waals surface area contributed by atoms with Crippen LogP contribution in [0.2, 0.25) is 0 Å². The number of anilines is 1. The molecule has 0 heterocycles. The van der Waals surface area contributed by atoms with Crippen molar-refractivity contribution in [3.63, 3.8) is 0 Å². The van der Waals surface area contributed by atoms with Crippen LogP contribution in [0.4, 0.5) is 10.5 Å². The van der Waals surface area contributed by atoms with Crippen molar-refractivity contribution in [1.82, 2.24) is 14.9 Å². The van der Waals surface area contributed by atoms with Crippen LogP contribution in [0.25, 0.3) is 0 Å². The van der Waals surface area contributed by atoms with Gasteiger partial charge in [-0.15, -0.1) is 0 Å². The van der Waals surface area contributed by atoms with E-state index in [1.807, 2.05) is 60.7 Å². The number of hydrogen-bond acceptors (Lipinski definition) is 8. The van der Waals surface area contributed by atoms with E-state index in [0.29, 0.717) is 12.1 Å². The summed E-state index contributed by atoms with van der Waals surface area (Å²) in [6.07, 6.45) is -0.136. The summed E-state index contributed by atoms with van der Waals surface area (Å²) in [4.78, 5) is 44.8. The van der Waals surface area contributed by atoms with Crippen molar-refractivity contribution in [3.8, 4) is 0 Å². The highest BCUT2D eigenvalue weighted by atomic mass is 32.2. The van der Waals surface area contributed by atoms with Crippen LogP contribution in [0.3, 0.4) is 0 Å². The molecule has 48 heavy (non-hydrogen) atoms. The zero-order valence-corrected chi connectivity index (χ0v) is 28.8. The summed E-state index contributed by atoms with van der Waals surface area (Å²) in [7, 11) is -8.12. The zero-order chi connectivity index (χ0) is 36.2. The van der Waals surface area contributed by atoms with Crippen molar-refractivity contribution in [3.05, 3.63) is 96.1 Å². The number of carbonyl (C=O) groups excluding carboxylic acids is 2. The number of unbranched alkanes of at least 4 members (excludes halogenated alkanes) is 1. The number of amides is 2. The lowest BCUT2D eigenvalue weighted by Crippen LogP contribution is -2.50. The zero-order valence-electron chi connectivity index (χ0n) is 28.1. The number of carbonyl (C=O) groups is 2. The van der Waals surface area contributed by atoms with Gasteiger partial charge in [-0.3, -0.25) is 9.32 Å². The highest BCUT2D eigenvalue weighted by molar-refractivity contribution is 7.89. The van der Waals surface area contributed by atoms with Gasteiger partial charge in [0.15, 0.2) is 0 Å². The number of sulfonamides is 1. The molecule has 15 heteroatoms. The molecule has 0 saturated carbocycles. The molecule has 3 aromatic carbocycles. The van der Waals surface area contributed by atoms with Gasteiger partial charge in [0.2, 0.25) is 15.9 Å². The topological polar surface area (TPSA) is 198 Å². The summed E-state index contributed by atoms with van der Waals surface area (Å²) >= 11 is 0. The third kappa shape index (κ3) is 11.7. The van der Waals surface area contributed by atoms with Gasteiger partial charge >= 0.3 is 13.9 Å². The fourth-order valence-electron chi connectivity index (χ4n) is 5.13. The first-order valence-electron chi connectivity index (χ1n) is 16.0. The SMILES string of the molecule is [2H]C(C(C)C)N([C@@H](CCCCNC(=O)[C@@H](NC(=O)OC)C(c1ccccc1)c1ccccc1)COP(=O)(O)O)S(=O)(=O)c1ccc(N)cc1. The molecular weight excluding hydrogens is 659 g/mol. The van der Waals surface area contributed by atoms with E-state index in [9.17, 15) is 32.4 Å². The number of methoxy groups -OCH3 is 1. The Kier molecular flexibility index (Phi) is 14.0. The van der Waals surface area contributed by atoms with Gasteiger partial charge in [-0.25, -0.2) is 17.8 Å². The average molecular weight is 706 g/mol. The molecule has 3 rings (SSSR count). The minimum Gasteiger partial charge on any atom is -0.453 e. The number of nitrogens with one attached hydrogen (secondary N) is 2. The molecule has 0 aliphatic rings. The molecule has 0 aliphatic carbocycles. The van der Waals surface area contributed by atoms with Gasteiger partial charge in [-0.1, -0.05) is 80.9 Å². The van der Waals surface area contributed by atoms with Gasteiger partial charge in [0.05, 0.1) is 18.6 Å². The van der Waals surface area contributed by atoms with Crippen LogP contribution >= 0.6 is 7.82 Å². The molecule has 13 nitrogen and oxygen atoms in total. The number of phosphoric ester groups is 1. The Labute approximate surface area is 283 Å². The van der Waals surface area contributed by atoms with Gasteiger partial charge in [-0.05, 0) is 54.2 Å². The van der Waals surface area contributed by atoms with Crippen LogP contribution in [0.5, 0.6) is 0 Å². The summed E-state index contributed by atoms with van der Waals surface area (Å²) < 4.78 is 58.6. The lowest BCUT2D eigenvalue weighted by molar-refractivity contribution is -0.123. The van der Waals surface area contributed by atoms with E-state index in [-0.39, 0.29) is 24.3 Å². The molecule has 0 fully saturated rings. The molecule has 0 aliphatic heterocycles. The number of rotatable bonds is 18. The number of benzene rings is 3. The Morgan fingerprint density at radius 1 is 0.958 bits per heavy atom. The van der Waals surface area contributed by atoms with Gasteiger partial charge in [0, 0.05) is 32.1 Å². The maximum Gasteiger partial charge on any atom is 0.469 e. The number of phosphoric acid groups is 1. The monoisotopic (exact) mass is 705 g/mol. The molecule has 0 saturated heterocycles. The Morgan fingerprint density at radius 3 is 2.02 bits per heavy atom. The highest BCUT2D eigenvalue weighted by Crippen LogP contribution is 2.37. The first-order valence-corrected chi connectivity index (χ1v) is 18.4. The van der Waals surface area contributed by atoms with Crippen LogP contribution in [0.1, 0.15) is 51.5 Å². The maximum absolute atomic E-state index is 13.8. The molecule has 2 amide bonds. The van der Waals surface area contributed by atoms with E-state index < -0.39 is 66.9 Å². The number of nitrogens with zero attached hydrogens (tertiary/aromatic N) is 1. The fraction of sp³-hybridized carbons (Fsp3) is 0.394. The van der Waals surface area contributed by atoms with Gasteiger partial charge in [-0.2, -0.15) is 4.31 Å². The standard InChI is InChI=1S/C33H45N4O9PS/c1-24(2)22-37(48(43,44)29-19-17-27(34)18-20-29)28(23-46-47(40,41)42)16-10-11-21-35-32(38)31(36-33(39)45-3)30(25-12-6-4-7-13-25)26-14-8-5-9-15-26/h4-9,12-15,17-20,24,28,30-31H,10-11,16,21-23,34H2,1-3H3,(H,35,38)(H,36,39)(H2,40,41,42)/t28-,31-/m0/s1/i22D/t22?,28-,31-. The summed E-state index contributed by atoms with van der Waals surface area (Å²) in [5.74, 6) is -1.53. The average Bonchev–Trinajstić information content (AvgIpc) is 3.06. The van der Waals surface area contributed by atoms with Crippen molar-refractivity contribution >= 4 is 35.5 Å². The van der Waals surface area contributed by atoms with Crippen LogP contribution in [-0.4, -0.2) is 73.4 Å². The Bertz CT molecular complexity index is 1610. The molecule has 0 spiro atoms. The van der Waals surface area contributed by atoms with E-state index in [1.165, 1.54) is 31.4 Å². The first kappa shape index (κ1) is 37.0. The van der Waals surface area contributed by atoms with E-state index in [1.54, 1.807) is 13.8 Å². The molecule has 0 bridgehead atoms. The van der Waals surface area contributed by atoms with Gasteiger partial charge in [0.1, 0.15) is 6.04 Å². The Balaban J connectivity index is 1.81. The van der Waals surface area contributed by atoms with Crippen LogP contribution in [0.15, 0.2) is 89.8 Å². The normalized spacial score (nSPS) is 14.3. The molecule has 3 atom stereocenters. The van der Waals surface area contributed by atoms with Crippen molar-refractivity contribution < 1.29 is 43.0 Å². The molecule has 1 unspecified atom stereocenters. The smallest absolute Gasteiger partial charge is 0.453 e. The number of hydrogen-bond donors (Lipinski definition) is 5. The Hall–Kier alpha value is -3.78. The lowest BCUT2D eigenvalue weighted by Gasteiger charge is -2.32. The summed E-state index contributed by atoms with van der Waals surface area (Å²) in [6.45, 7) is 1.46. The number of nitrogens with two attached hydrogens (primary N) is 1. The second kappa shape index (κ2) is 18.1. The van der Waals surface area contributed by atoms with E-state index in [4.69, 9.17) is 16.4 Å². The number of alkyl carbamates (subject to hydrolysis) is 1. The summed E-state index contributed by atoms with van der Waals surface area (Å²) in [5, 5.41) is 5.51. The summed E-state index contributed by atoms with van der Waals surface area (Å²) in [5.41, 5.74) is 7.65. The largest absolute Gasteiger partial charge is 0.469 e. The molecule has 6 N–H and O–H groups in total. The first-order chi connectivity index (χ1) is 23.2. The molecule has 0 aromatic heterocycles. The van der Waals surface area contributed by atoms with E-state index in [2.05, 4.69) is 10.6 Å². The lowest BCUT2D eigenvalue weighted by atomic mass is 9.84. The van der Waals surface area contributed by atoms with E-state index in [0.717, 1.165) is 15.4 Å².